The average molecular weight is 214 g/mol. The normalized spacial score (nSPS) is 10.1. The fourth-order valence-electron chi connectivity index (χ4n) is 1.58. The highest BCUT2D eigenvalue weighted by Crippen LogP contribution is 2.31. The lowest BCUT2D eigenvalue weighted by Crippen LogP contribution is -1.88. The van der Waals surface area contributed by atoms with Crippen LogP contribution < -0.4 is 4.74 Å². The number of aromatic hydroxyl groups is 1. The van der Waals surface area contributed by atoms with Gasteiger partial charge in [-0.3, -0.25) is 0 Å². The van der Waals surface area contributed by atoms with Crippen LogP contribution in [0.4, 0.5) is 0 Å². The number of phenols is 1. The molecular formula is C14H14O2. The number of aryl methyl sites for hydroxylation is 2. The van der Waals surface area contributed by atoms with Crippen LogP contribution in [0, 0.1) is 13.8 Å². The minimum absolute atomic E-state index is 0.155. The van der Waals surface area contributed by atoms with E-state index in [1.165, 1.54) is 5.56 Å². The molecular weight excluding hydrogens is 200 g/mol. The van der Waals surface area contributed by atoms with E-state index in [1.807, 2.05) is 32.0 Å². The van der Waals surface area contributed by atoms with Gasteiger partial charge in [-0.25, -0.2) is 0 Å². The maximum Gasteiger partial charge on any atom is 0.169 e. The molecule has 2 aromatic carbocycles. The Kier molecular flexibility index (Phi) is 2.82. The Labute approximate surface area is 95.1 Å². The first-order valence-corrected chi connectivity index (χ1v) is 5.20. The molecule has 0 aliphatic rings. The van der Waals surface area contributed by atoms with E-state index in [0.29, 0.717) is 5.75 Å². The third-order valence-corrected chi connectivity index (χ3v) is 2.42. The fraction of sp³-hybridized carbons (Fsp3) is 0.143. The van der Waals surface area contributed by atoms with Crippen LogP contribution in [0.2, 0.25) is 0 Å². The van der Waals surface area contributed by atoms with Crippen LogP contribution in [0.15, 0.2) is 42.5 Å². The number of phenolic OH excluding ortho intramolecular Hbond substituents is 1. The van der Waals surface area contributed by atoms with Gasteiger partial charge in [-0.15, -0.1) is 0 Å². The molecule has 2 nitrogen and oxygen atoms in total. The zero-order valence-corrected chi connectivity index (χ0v) is 9.40. The van der Waals surface area contributed by atoms with Crippen molar-refractivity contribution in [3.63, 3.8) is 0 Å². The van der Waals surface area contributed by atoms with E-state index in [0.717, 1.165) is 11.3 Å². The molecule has 0 radical (unpaired) electrons. The van der Waals surface area contributed by atoms with E-state index in [4.69, 9.17) is 4.74 Å². The van der Waals surface area contributed by atoms with Crippen LogP contribution in [-0.2, 0) is 0 Å². The quantitative estimate of drug-likeness (QED) is 0.823. The zero-order valence-electron chi connectivity index (χ0n) is 9.40. The van der Waals surface area contributed by atoms with Crippen molar-refractivity contribution in [2.75, 3.05) is 0 Å². The van der Waals surface area contributed by atoms with Crippen LogP contribution in [0.3, 0.4) is 0 Å². The topological polar surface area (TPSA) is 29.5 Å². The third kappa shape index (κ3) is 2.16. The molecule has 0 amide bonds. The molecule has 0 spiro atoms. The van der Waals surface area contributed by atoms with Gasteiger partial charge in [0, 0.05) is 0 Å². The van der Waals surface area contributed by atoms with Crippen molar-refractivity contribution in [2.24, 2.45) is 0 Å². The van der Waals surface area contributed by atoms with E-state index in [-0.39, 0.29) is 5.75 Å². The van der Waals surface area contributed by atoms with Crippen LogP contribution in [0.5, 0.6) is 17.2 Å². The molecule has 2 heteroatoms. The van der Waals surface area contributed by atoms with E-state index in [2.05, 4.69) is 6.07 Å². The van der Waals surface area contributed by atoms with E-state index >= 15 is 0 Å². The molecule has 0 fully saturated rings. The average Bonchev–Trinajstić information content (AvgIpc) is 2.25. The maximum atomic E-state index is 9.59. The molecule has 0 saturated heterocycles. The Morgan fingerprint density at radius 2 is 1.69 bits per heavy atom. The Bertz CT molecular complexity index is 504. The number of ether oxygens (including phenoxy) is 1. The highest BCUT2D eigenvalue weighted by Gasteiger charge is 2.04. The molecule has 16 heavy (non-hydrogen) atoms. The second-order valence-electron chi connectivity index (χ2n) is 3.84. The largest absolute Gasteiger partial charge is 0.504 e. The van der Waals surface area contributed by atoms with Gasteiger partial charge in [0.1, 0.15) is 5.75 Å². The molecule has 0 saturated carbocycles. The van der Waals surface area contributed by atoms with Gasteiger partial charge in [0.2, 0.25) is 0 Å². The molecule has 0 unspecified atom stereocenters. The summed E-state index contributed by atoms with van der Waals surface area (Å²) in [4.78, 5) is 0. The molecule has 0 atom stereocenters. The lowest BCUT2D eigenvalue weighted by Gasteiger charge is -2.10. The Balaban J connectivity index is 2.31. The van der Waals surface area contributed by atoms with Crippen molar-refractivity contribution >= 4 is 0 Å². The Hall–Kier alpha value is -1.96. The van der Waals surface area contributed by atoms with Crippen molar-refractivity contribution in [3.8, 4) is 17.2 Å². The van der Waals surface area contributed by atoms with Gasteiger partial charge >= 0.3 is 0 Å². The predicted octanol–water partition coefficient (Wildman–Crippen LogP) is 3.80. The van der Waals surface area contributed by atoms with Gasteiger partial charge in [0.25, 0.3) is 0 Å². The van der Waals surface area contributed by atoms with Crippen molar-refractivity contribution in [2.45, 2.75) is 13.8 Å². The number of rotatable bonds is 2. The number of benzene rings is 2. The molecule has 1 N–H and O–H groups in total. The van der Waals surface area contributed by atoms with Crippen LogP contribution >= 0.6 is 0 Å². The minimum atomic E-state index is 0.155. The molecule has 0 aliphatic carbocycles. The molecule has 0 aromatic heterocycles. The second-order valence-corrected chi connectivity index (χ2v) is 3.84. The summed E-state index contributed by atoms with van der Waals surface area (Å²) in [6.45, 7) is 4.03. The molecule has 0 heterocycles. The first-order valence-electron chi connectivity index (χ1n) is 5.20. The van der Waals surface area contributed by atoms with Gasteiger partial charge in [-0.1, -0.05) is 29.8 Å². The highest BCUT2D eigenvalue weighted by molar-refractivity contribution is 5.44. The molecule has 82 valence electrons. The first kappa shape index (κ1) is 10.6. The molecule has 0 bridgehead atoms. The molecule has 2 rings (SSSR count). The number of para-hydroxylation sites is 2. The maximum absolute atomic E-state index is 9.59. The smallest absolute Gasteiger partial charge is 0.169 e. The summed E-state index contributed by atoms with van der Waals surface area (Å²) < 4.78 is 5.64. The lowest BCUT2D eigenvalue weighted by molar-refractivity contribution is 0.410. The van der Waals surface area contributed by atoms with Crippen molar-refractivity contribution in [1.82, 2.24) is 0 Å². The summed E-state index contributed by atoms with van der Waals surface area (Å²) in [6.07, 6.45) is 0. The lowest BCUT2D eigenvalue weighted by atomic mass is 10.1. The van der Waals surface area contributed by atoms with Crippen molar-refractivity contribution in [1.29, 1.82) is 0 Å². The second kappa shape index (κ2) is 4.27. The van der Waals surface area contributed by atoms with Crippen molar-refractivity contribution in [3.05, 3.63) is 53.6 Å². The van der Waals surface area contributed by atoms with Gasteiger partial charge in [-0.2, -0.15) is 0 Å². The Morgan fingerprint density at radius 1 is 0.938 bits per heavy atom. The monoisotopic (exact) mass is 214 g/mol. The summed E-state index contributed by atoms with van der Waals surface area (Å²) in [6, 6.07) is 12.9. The van der Waals surface area contributed by atoms with Gasteiger partial charge in [0.15, 0.2) is 11.5 Å². The number of hydrogen-bond donors (Lipinski definition) is 1. The third-order valence-electron chi connectivity index (χ3n) is 2.42. The van der Waals surface area contributed by atoms with Gasteiger partial charge in [-0.05, 0) is 37.6 Å². The summed E-state index contributed by atoms with van der Waals surface area (Å²) >= 11 is 0. The summed E-state index contributed by atoms with van der Waals surface area (Å²) in [5.41, 5.74) is 2.25. The van der Waals surface area contributed by atoms with E-state index < -0.39 is 0 Å². The predicted molar refractivity (Wildman–Crippen MR) is 64.1 cm³/mol. The van der Waals surface area contributed by atoms with Crippen LogP contribution in [-0.4, -0.2) is 5.11 Å². The van der Waals surface area contributed by atoms with Crippen LogP contribution in [0.25, 0.3) is 0 Å². The van der Waals surface area contributed by atoms with Crippen LogP contribution in [0.1, 0.15) is 11.1 Å². The Morgan fingerprint density at radius 3 is 2.38 bits per heavy atom. The molecule has 2 aromatic rings. The minimum Gasteiger partial charge on any atom is -0.504 e. The number of hydrogen-bond acceptors (Lipinski definition) is 2. The highest BCUT2D eigenvalue weighted by atomic mass is 16.5. The molecule has 0 aliphatic heterocycles. The van der Waals surface area contributed by atoms with Gasteiger partial charge < -0.3 is 9.84 Å². The summed E-state index contributed by atoms with van der Waals surface area (Å²) in [7, 11) is 0. The fourth-order valence-corrected chi connectivity index (χ4v) is 1.58. The van der Waals surface area contributed by atoms with E-state index in [1.54, 1.807) is 18.2 Å². The zero-order chi connectivity index (χ0) is 11.5. The standard InChI is InChI=1S/C14H14O2/c1-10-7-8-13(11(2)9-10)16-14-6-4-3-5-12(14)15/h3-9,15H,1-2H3. The SMILES string of the molecule is Cc1ccc(Oc2ccccc2O)c(C)c1. The van der Waals surface area contributed by atoms with E-state index in [9.17, 15) is 5.11 Å². The van der Waals surface area contributed by atoms with Gasteiger partial charge in [0.05, 0.1) is 0 Å². The summed E-state index contributed by atoms with van der Waals surface area (Å²) in [5.74, 6) is 1.41. The first-order chi connectivity index (χ1) is 7.66. The van der Waals surface area contributed by atoms with Crippen molar-refractivity contribution < 1.29 is 9.84 Å². The summed E-state index contributed by atoms with van der Waals surface area (Å²) in [5, 5.41) is 9.59.